The van der Waals surface area contributed by atoms with Crippen molar-refractivity contribution in [1.29, 1.82) is 0 Å². The van der Waals surface area contributed by atoms with Gasteiger partial charge >= 0.3 is 0 Å². The Kier molecular flexibility index (Phi) is 5.33. The number of nitrogens with two attached hydrogens (primary N) is 1. The molecule has 0 radical (unpaired) electrons. The largest absolute Gasteiger partial charge is 0.479 e. The molecular formula is C11H15BrN2O4S. The summed E-state index contributed by atoms with van der Waals surface area (Å²) in [5.74, 6) is -0.282. The minimum absolute atomic E-state index is 0.0458. The van der Waals surface area contributed by atoms with Crippen molar-refractivity contribution >= 4 is 31.9 Å². The standard InChI is InChI=1S/C11H15BrN2O4S/c1-3-14-11(15)7(2)18-9-5-4-8(12)6-10(9)19(13,16)17/h4-7H,3H2,1-2H3,(H,14,15)(H2,13,16,17). The molecule has 0 spiro atoms. The highest BCUT2D eigenvalue weighted by atomic mass is 79.9. The van der Waals surface area contributed by atoms with E-state index in [2.05, 4.69) is 21.2 Å². The monoisotopic (exact) mass is 350 g/mol. The minimum Gasteiger partial charge on any atom is -0.479 e. The van der Waals surface area contributed by atoms with E-state index in [0.717, 1.165) is 0 Å². The number of hydrogen-bond donors (Lipinski definition) is 2. The Balaban J connectivity index is 3.05. The Morgan fingerprint density at radius 1 is 1.53 bits per heavy atom. The summed E-state index contributed by atoms with van der Waals surface area (Å²) in [6.07, 6.45) is -0.818. The minimum atomic E-state index is -3.93. The van der Waals surface area contributed by atoms with Gasteiger partial charge in [0, 0.05) is 11.0 Å². The molecule has 0 saturated heterocycles. The zero-order chi connectivity index (χ0) is 14.6. The molecule has 0 aliphatic heterocycles. The number of carbonyl (C=O) groups excluding carboxylic acids is 1. The highest BCUT2D eigenvalue weighted by Gasteiger charge is 2.20. The van der Waals surface area contributed by atoms with Gasteiger partial charge in [0.05, 0.1) is 0 Å². The predicted molar refractivity (Wildman–Crippen MR) is 74.3 cm³/mol. The lowest BCUT2D eigenvalue weighted by Crippen LogP contribution is -2.36. The molecule has 1 rings (SSSR count). The van der Waals surface area contributed by atoms with Crippen LogP contribution in [0.25, 0.3) is 0 Å². The number of primary sulfonamides is 1. The quantitative estimate of drug-likeness (QED) is 0.827. The van der Waals surface area contributed by atoms with Gasteiger partial charge in [0.2, 0.25) is 10.0 Å². The van der Waals surface area contributed by atoms with Crippen molar-refractivity contribution in [2.24, 2.45) is 5.14 Å². The van der Waals surface area contributed by atoms with E-state index in [0.29, 0.717) is 11.0 Å². The second-order valence-corrected chi connectivity index (χ2v) is 6.24. The van der Waals surface area contributed by atoms with E-state index >= 15 is 0 Å². The van der Waals surface area contributed by atoms with Gasteiger partial charge < -0.3 is 10.1 Å². The Morgan fingerprint density at radius 3 is 2.68 bits per heavy atom. The zero-order valence-corrected chi connectivity index (χ0v) is 12.9. The third-order valence-corrected chi connectivity index (χ3v) is 3.66. The van der Waals surface area contributed by atoms with Gasteiger partial charge in [-0.15, -0.1) is 0 Å². The van der Waals surface area contributed by atoms with Crippen LogP contribution >= 0.6 is 15.9 Å². The van der Waals surface area contributed by atoms with E-state index in [-0.39, 0.29) is 16.6 Å². The number of ether oxygens (including phenoxy) is 1. The predicted octanol–water partition coefficient (Wildman–Crippen LogP) is 1.000. The molecule has 3 N–H and O–H groups in total. The summed E-state index contributed by atoms with van der Waals surface area (Å²) in [4.78, 5) is 11.4. The van der Waals surface area contributed by atoms with Crippen LogP contribution in [-0.4, -0.2) is 27.0 Å². The lowest BCUT2D eigenvalue weighted by molar-refractivity contribution is -0.127. The SMILES string of the molecule is CCNC(=O)C(C)Oc1ccc(Br)cc1S(N)(=O)=O. The summed E-state index contributed by atoms with van der Waals surface area (Å²) < 4.78 is 28.8. The van der Waals surface area contributed by atoms with Crippen molar-refractivity contribution < 1.29 is 17.9 Å². The Labute approximate surface area is 120 Å². The molecule has 1 unspecified atom stereocenters. The van der Waals surface area contributed by atoms with Crippen molar-refractivity contribution in [3.8, 4) is 5.75 Å². The number of halogens is 1. The van der Waals surface area contributed by atoms with Crippen LogP contribution in [0.5, 0.6) is 5.75 Å². The number of carbonyl (C=O) groups is 1. The molecule has 0 bridgehead atoms. The smallest absolute Gasteiger partial charge is 0.260 e. The molecule has 0 aromatic heterocycles. The molecule has 8 heteroatoms. The van der Waals surface area contributed by atoms with Crippen molar-refractivity contribution in [2.45, 2.75) is 24.8 Å². The van der Waals surface area contributed by atoms with Gasteiger partial charge in [0.15, 0.2) is 6.10 Å². The highest BCUT2D eigenvalue weighted by molar-refractivity contribution is 9.10. The van der Waals surface area contributed by atoms with Crippen LogP contribution in [0.15, 0.2) is 27.6 Å². The third kappa shape index (κ3) is 4.48. The van der Waals surface area contributed by atoms with Gasteiger partial charge in [-0.1, -0.05) is 15.9 Å². The number of likely N-dealkylation sites (N-methyl/N-ethyl adjacent to an activating group) is 1. The van der Waals surface area contributed by atoms with Gasteiger partial charge in [-0.3, -0.25) is 4.79 Å². The van der Waals surface area contributed by atoms with Crippen LogP contribution in [0.2, 0.25) is 0 Å². The average molecular weight is 351 g/mol. The summed E-state index contributed by atoms with van der Waals surface area (Å²) >= 11 is 3.15. The lowest BCUT2D eigenvalue weighted by atomic mass is 10.3. The molecule has 1 atom stereocenters. The highest BCUT2D eigenvalue weighted by Crippen LogP contribution is 2.27. The molecule has 0 saturated carbocycles. The zero-order valence-electron chi connectivity index (χ0n) is 10.5. The van der Waals surface area contributed by atoms with Crippen LogP contribution < -0.4 is 15.2 Å². The maximum absolute atomic E-state index is 11.5. The van der Waals surface area contributed by atoms with E-state index < -0.39 is 16.1 Å². The van der Waals surface area contributed by atoms with Crippen LogP contribution in [0.4, 0.5) is 0 Å². The first-order chi connectivity index (χ1) is 8.75. The van der Waals surface area contributed by atoms with Crippen molar-refractivity contribution in [1.82, 2.24) is 5.32 Å². The molecule has 0 fully saturated rings. The van der Waals surface area contributed by atoms with Crippen LogP contribution in [-0.2, 0) is 14.8 Å². The van der Waals surface area contributed by atoms with Gasteiger partial charge in [0.25, 0.3) is 5.91 Å². The Hall–Kier alpha value is -1.12. The van der Waals surface area contributed by atoms with Crippen molar-refractivity contribution in [2.75, 3.05) is 6.54 Å². The third-order valence-electron chi connectivity index (χ3n) is 2.24. The van der Waals surface area contributed by atoms with Gasteiger partial charge in [-0.25, -0.2) is 13.6 Å². The number of hydrogen-bond acceptors (Lipinski definition) is 4. The first kappa shape index (κ1) is 15.9. The van der Waals surface area contributed by atoms with E-state index in [1.54, 1.807) is 13.0 Å². The lowest BCUT2D eigenvalue weighted by Gasteiger charge is -2.16. The molecule has 19 heavy (non-hydrogen) atoms. The number of nitrogens with one attached hydrogen (secondary N) is 1. The van der Waals surface area contributed by atoms with Crippen molar-refractivity contribution in [3.63, 3.8) is 0 Å². The normalized spacial score (nSPS) is 12.8. The number of rotatable bonds is 5. The van der Waals surface area contributed by atoms with E-state index in [1.165, 1.54) is 19.1 Å². The molecule has 106 valence electrons. The van der Waals surface area contributed by atoms with Crippen LogP contribution in [0.3, 0.4) is 0 Å². The Bertz CT molecular complexity index is 574. The molecule has 1 amide bonds. The van der Waals surface area contributed by atoms with E-state index in [4.69, 9.17) is 9.88 Å². The maximum atomic E-state index is 11.5. The van der Waals surface area contributed by atoms with Gasteiger partial charge in [-0.2, -0.15) is 0 Å². The van der Waals surface area contributed by atoms with Crippen molar-refractivity contribution in [3.05, 3.63) is 22.7 Å². The maximum Gasteiger partial charge on any atom is 0.260 e. The van der Waals surface area contributed by atoms with E-state index in [1.807, 2.05) is 0 Å². The second kappa shape index (κ2) is 6.36. The summed E-state index contributed by atoms with van der Waals surface area (Å²) in [6, 6.07) is 4.38. The van der Waals surface area contributed by atoms with Gasteiger partial charge in [-0.05, 0) is 32.0 Å². The first-order valence-corrected chi connectivity index (χ1v) is 7.86. The molecule has 1 aromatic rings. The molecule has 0 aliphatic carbocycles. The van der Waals surface area contributed by atoms with E-state index in [9.17, 15) is 13.2 Å². The van der Waals surface area contributed by atoms with Crippen LogP contribution in [0.1, 0.15) is 13.8 Å². The number of amides is 1. The summed E-state index contributed by atoms with van der Waals surface area (Å²) in [6.45, 7) is 3.77. The summed E-state index contributed by atoms with van der Waals surface area (Å²) in [5, 5.41) is 7.69. The summed E-state index contributed by atoms with van der Waals surface area (Å²) in [7, 11) is -3.93. The molecule has 0 aliphatic rings. The fourth-order valence-electron chi connectivity index (χ4n) is 1.36. The average Bonchev–Trinajstić information content (AvgIpc) is 2.30. The molecule has 6 nitrogen and oxygen atoms in total. The first-order valence-electron chi connectivity index (χ1n) is 5.52. The fourth-order valence-corrected chi connectivity index (χ4v) is 2.56. The summed E-state index contributed by atoms with van der Waals surface area (Å²) in [5.41, 5.74) is 0. The number of sulfonamides is 1. The number of benzene rings is 1. The molecule has 0 heterocycles. The topological polar surface area (TPSA) is 98.5 Å². The van der Waals surface area contributed by atoms with Gasteiger partial charge in [0.1, 0.15) is 10.6 Å². The van der Waals surface area contributed by atoms with Crippen LogP contribution in [0, 0.1) is 0 Å². The Morgan fingerprint density at radius 2 is 2.16 bits per heavy atom. The second-order valence-electron chi connectivity index (χ2n) is 3.79. The molecule has 1 aromatic carbocycles. The molecular weight excluding hydrogens is 336 g/mol. The fraction of sp³-hybridized carbons (Fsp3) is 0.364.